The van der Waals surface area contributed by atoms with Crippen LogP contribution < -0.4 is 0 Å². The molecule has 0 spiro atoms. The van der Waals surface area contributed by atoms with Crippen LogP contribution in [0.5, 0.6) is 0 Å². The normalized spacial score (nSPS) is 10.6. The summed E-state index contributed by atoms with van der Waals surface area (Å²) in [5.41, 5.74) is 2.85. The van der Waals surface area contributed by atoms with Gasteiger partial charge in [0.25, 0.3) is 0 Å². The molecule has 0 aliphatic heterocycles. The lowest BCUT2D eigenvalue weighted by Gasteiger charge is -2.08. The average Bonchev–Trinajstić information content (AvgIpc) is 2.21. The summed E-state index contributed by atoms with van der Waals surface area (Å²) in [6.45, 7) is 6.68. The predicted molar refractivity (Wildman–Crippen MR) is 70.8 cm³/mol. The zero-order chi connectivity index (χ0) is 11.1. The molecule has 0 aliphatic carbocycles. The van der Waals surface area contributed by atoms with Crippen molar-refractivity contribution in [3.63, 3.8) is 0 Å². The van der Waals surface area contributed by atoms with Crippen LogP contribution in [0.1, 0.15) is 43.7 Å². The van der Waals surface area contributed by atoms with Crippen LogP contribution in [-0.2, 0) is 0 Å². The Bertz CT molecular complexity index is 271. The Morgan fingerprint density at radius 3 is 2.27 bits per heavy atom. The molecule has 84 valence electrons. The van der Waals surface area contributed by atoms with Gasteiger partial charge >= 0.3 is 0 Å². The fraction of sp³-hybridized carbons (Fsp3) is 0.571. The number of benzene rings is 1. The van der Waals surface area contributed by atoms with Crippen LogP contribution in [0.4, 0.5) is 0 Å². The molecule has 0 aliphatic rings. The Labute approximate surface area is 98.5 Å². The van der Waals surface area contributed by atoms with Gasteiger partial charge in [-0.05, 0) is 37.1 Å². The summed E-state index contributed by atoms with van der Waals surface area (Å²) >= 11 is 2.02. The highest BCUT2D eigenvalue weighted by molar-refractivity contribution is 7.99. The Balaban J connectivity index is 2.37. The second kappa shape index (κ2) is 6.95. The molecule has 0 heterocycles. The number of rotatable bonds is 6. The fourth-order valence-electron chi connectivity index (χ4n) is 1.73. The molecular formula is C14H22S. The number of unbranched alkanes of at least 4 members (excludes halogenated alkanes) is 3. The number of hydrogen-bond donors (Lipinski definition) is 0. The monoisotopic (exact) mass is 222 g/mol. The fourth-order valence-corrected chi connectivity index (χ4v) is 2.87. The third kappa shape index (κ3) is 4.29. The first-order valence-corrected chi connectivity index (χ1v) is 6.93. The highest BCUT2D eigenvalue weighted by atomic mass is 32.2. The van der Waals surface area contributed by atoms with E-state index in [2.05, 4.69) is 39.0 Å². The van der Waals surface area contributed by atoms with Crippen LogP contribution in [0.25, 0.3) is 0 Å². The predicted octanol–water partition coefficient (Wildman–Crippen LogP) is 4.98. The maximum atomic E-state index is 2.26. The number of aryl methyl sites for hydroxylation is 2. The lowest BCUT2D eigenvalue weighted by atomic mass is 10.2. The summed E-state index contributed by atoms with van der Waals surface area (Å²) in [6.07, 6.45) is 5.45. The SMILES string of the molecule is CCCCCCSc1c(C)cccc1C. The van der Waals surface area contributed by atoms with E-state index in [1.807, 2.05) is 11.8 Å². The molecule has 0 nitrogen and oxygen atoms in total. The van der Waals surface area contributed by atoms with E-state index in [0.29, 0.717) is 0 Å². The van der Waals surface area contributed by atoms with Crippen molar-refractivity contribution in [3.8, 4) is 0 Å². The van der Waals surface area contributed by atoms with E-state index in [4.69, 9.17) is 0 Å². The van der Waals surface area contributed by atoms with Crippen molar-refractivity contribution in [1.82, 2.24) is 0 Å². The molecule has 15 heavy (non-hydrogen) atoms. The molecule has 0 atom stereocenters. The molecule has 1 rings (SSSR count). The minimum atomic E-state index is 1.27. The molecule has 1 heteroatoms. The van der Waals surface area contributed by atoms with E-state index in [1.54, 1.807) is 0 Å². The third-order valence-corrected chi connectivity index (χ3v) is 4.08. The van der Waals surface area contributed by atoms with Crippen molar-refractivity contribution in [2.24, 2.45) is 0 Å². The zero-order valence-electron chi connectivity index (χ0n) is 10.2. The summed E-state index contributed by atoms with van der Waals surface area (Å²) < 4.78 is 0. The average molecular weight is 222 g/mol. The second-order valence-electron chi connectivity index (χ2n) is 4.13. The van der Waals surface area contributed by atoms with Crippen molar-refractivity contribution in [1.29, 1.82) is 0 Å². The van der Waals surface area contributed by atoms with Crippen molar-refractivity contribution in [3.05, 3.63) is 29.3 Å². The number of thioether (sulfide) groups is 1. The van der Waals surface area contributed by atoms with Gasteiger partial charge in [0.05, 0.1) is 0 Å². The van der Waals surface area contributed by atoms with Crippen LogP contribution in [-0.4, -0.2) is 5.75 Å². The molecule has 0 amide bonds. The molecule has 0 bridgehead atoms. The quantitative estimate of drug-likeness (QED) is 0.483. The summed E-state index contributed by atoms with van der Waals surface area (Å²) in [5.74, 6) is 1.27. The van der Waals surface area contributed by atoms with Crippen molar-refractivity contribution in [2.45, 2.75) is 51.3 Å². The first-order valence-electron chi connectivity index (χ1n) is 5.94. The zero-order valence-corrected chi connectivity index (χ0v) is 11.0. The van der Waals surface area contributed by atoms with Gasteiger partial charge in [-0.25, -0.2) is 0 Å². The van der Waals surface area contributed by atoms with E-state index in [9.17, 15) is 0 Å². The summed E-state index contributed by atoms with van der Waals surface area (Å²) in [4.78, 5) is 1.49. The van der Waals surface area contributed by atoms with E-state index in [0.717, 1.165) is 0 Å². The van der Waals surface area contributed by atoms with Gasteiger partial charge in [-0.1, -0.05) is 44.4 Å². The van der Waals surface area contributed by atoms with Crippen molar-refractivity contribution in [2.75, 3.05) is 5.75 Å². The molecular weight excluding hydrogens is 200 g/mol. The first kappa shape index (κ1) is 12.6. The van der Waals surface area contributed by atoms with Gasteiger partial charge in [0.2, 0.25) is 0 Å². The summed E-state index contributed by atoms with van der Waals surface area (Å²) in [7, 11) is 0. The second-order valence-corrected chi connectivity index (χ2v) is 5.24. The molecule has 0 N–H and O–H groups in total. The Morgan fingerprint density at radius 1 is 1.00 bits per heavy atom. The lowest BCUT2D eigenvalue weighted by molar-refractivity contribution is 0.706. The molecule has 0 radical (unpaired) electrons. The largest absolute Gasteiger partial charge is 0.126 e. The maximum absolute atomic E-state index is 2.26. The van der Waals surface area contributed by atoms with Gasteiger partial charge in [-0.3, -0.25) is 0 Å². The maximum Gasteiger partial charge on any atom is 0.0130 e. The van der Waals surface area contributed by atoms with Crippen LogP contribution in [0, 0.1) is 13.8 Å². The van der Waals surface area contributed by atoms with Crippen LogP contribution in [0.15, 0.2) is 23.1 Å². The Kier molecular flexibility index (Phi) is 5.85. The summed E-state index contributed by atoms with van der Waals surface area (Å²) in [6, 6.07) is 6.56. The minimum Gasteiger partial charge on any atom is -0.126 e. The van der Waals surface area contributed by atoms with Gasteiger partial charge in [0, 0.05) is 4.90 Å². The van der Waals surface area contributed by atoms with Gasteiger partial charge < -0.3 is 0 Å². The standard InChI is InChI=1S/C14H22S/c1-4-5-6-7-11-15-14-12(2)9-8-10-13(14)3/h8-10H,4-7,11H2,1-3H3. The van der Waals surface area contributed by atoms with E-state index < -0.39 is 0 Å². The summed E-state index contributed by atoms with van der Waals surface area (Å²) in [5, 5.41) is 0. The molecule has 0 saturated heterocycles. The van der Waals surface area contributed by atoms with Gasteiger partial charge in [-0.2, -0.15) is 0 Å². The smallest absolute Gasteiger partial charge is 0.0130 e. The molecule has 1 aromatic rings. The van der Waals surface area contributed by atoms with Gasteiger partial charge in [-0.15, -0.1) is 11.8 Å². The van der Waals surface area contributed by atoms with E-state index in [-0.39, 0.29) is 0 Å². The van der Waals surface area contributed by atoms with Crippen LogP contribution in [0.3, 0.4) is 0 Å². The van der Waals surface area contributed by atoms with Gasteiger partial charge in [0.15, 0.2) is 0 Å². The molecule has 0 saturated carbocycles. The number of hydrogen-bond acceptors (Lipinski definition) is 1. The van der Waals surface area contributed by atoms with Crippen LogP contribution >= 0.6 is 11.8 Å². The minimum absolute atomic E-state index is 1.27. The highest BCUT2D eigenvalue weighted by Crippen LogP contribution is 2.26. The first-order chi connectivity index (χ1) is 7.25. The van der Waals surface area contributed by atoms with Crippen molar-refractivity contribution >= 4 is 11.8 Å². The Hall–Kier alpha value is -0.430. The van der Waals surface area contributed by atoms with E-state index >= 15 is 0 Å². The van der Waals surface area contributed by atoms with Crippen LogP contribution in [0.2, 0.25) is 0 Å². The molecule has 1 aromatic carbocycles. The highest BCUT2D eigenvalue weighted by Gasteiger charge is 2.01. The molecule has 0 aromatic heterocycles. The molecule has 0 fully saturated rings. The van der Waals surface area contributed by atoms with Gasteiger partial charge in [0.1, 0.15) is 0 Å². The lowest BCUT2D eigenvalue weighted by Crippen LogP contribution is -1.87. The Morgan fingerprint density at radius 2 is 1.67 bits per heavy atom. The van der Waals surface area contributed by atoms with E-state index in [1.165, 1.54) is 47.5 Å². The molecule has 0 unspecified atom stereocenters. The third-order valence-electron chi connectivity index (χ3n) is 2.65. The van der Waals surface area contributed by atoms with Crippen molar-refractivity contribution < 1.29 is 0 Å². The topological polar surface area (TPSA) is 0 Å².